The predicted molar refractivity (Wildman–Crippen MR) is 315 cm³/mol. The standard InChI is InChI=1S/C65H121NO10/c1-3-5-7-9-11-13-15-16-28-32-35-39-43-47-51-58(68)57(56-75-65-64(73)63(72)62(71)59(55-67)76-65)66-60(69)52-48-44-40-36-33-29-26-24-22-20-18-17-19-21-23-25-27-30-34-38-42-46-50-54-74-61(70)53-49-45-41-37-31-14-12-10-8-6-4-2/h20,22,32,35,47,51,57-59,62-65,67-68,71-73H,3-19,21,23-31,33-34,36-46,48-50,52-56H2,1-2H3,(H,66,69)/b22-20-,35-32+,51-47+. The molecule has 0 aromatic rings. The van der Waals surface area contributed by atoms with Crippen molar-refractivity contribution < 1.29 is 49.3 Å². The SMILES string of the molecule is CCCCCCCCCC/C=C/CC/C=C/C(O)C(COC1OC(CO)C(O)C(O)C1O)NC(=O)CCCCCCCCC/C=C\CCCCCCCCCCCCCCOC(=O)CCCCCCCCCCCCC. The Labute approximate surface area is 466 Å². The van der Waals surface area contributed by atoms with Crippen LogP contribution in [-0.2, 0) is 23.8 Å². The molecule has 7 atom stereocenters. The van der Waals surface area contributed by atoms with Crippen LogP contribution >= 0.6 is 0 Å². The Balaban J connectivity index is 2.07. The van der Waals surface area contributed by atoms with E-state index >= 15 is 0 Å². The van der Waals surface area contributed by atoms with E-state index in [4.69, 9.17) is 14.2 Å². The summed E-state index contributed by atoms with van der Waals surface area (Å²) < 4.78 is 16.7. The minimum Gasteiger partial charge on any atom is -0.466 e. The van der Waals surface area contributed by atoms with Crippen molar-refractivity contribution in [2.45, 2.75) is 346 Å². The maximum atomic E-state index is 13.0. The van der Waals surface area contributed by atoms with Gasteiger partial charge in [0, 0.05) is 12.8 Å². The zero-order chi connectivity index (χ0) is 55.2. The molecule has 0 aromatic carbocycles. The van der Waals surface area contributed by atoms with Crippen LogP contribution in [0.2, 0.25) is 0 Å². The van der Waals surface area contributed by atoms with Crippen LogP contribution in [0, 0.1) is 0 Å². The lowest BCUT2D eigenvalue weighted by Crippen LogP contribution is -2.60. The van der Waals surface area contributed by atoms with Crippen molar-refractivity contribution in [2.24, 2.45) is 0 Å². The van der Waals surface area contributed by atoms with Crippen LogP contribution in [0.1, 0.15) is 303 Å². The molecule has 0 saturated carbocycles. The average Bonchev–Trinajstić information content (AvgIpc) is 3.42. The zero-order valence-electron chi connectivity index (χ0n) is 49.2. The Hall–Kier alpha value is -2.12. The van der Waals surface area contributed by atoms with E-state index in [0.717, 1.165) is 70.6 Å². The van der Waals surface area contributed by atoms with E-state index in [1.54, 1.807) is 6.08 Å². The van der Waals surface area contributed by atoms with Crippen molar-refractivity contribution in [1.29, 1.82) is 0 Å². The summed E-state index contributed by atoms with van der Waals surface area (Å²) in [5.41, 5.74) is 0. The number of carbonyl (C=O) groups excluding carboxylic acids is 2. The van der Waals surface area contributed by atoms with Crippen molar-refractivity contribution in [2.75, 3.05) is 19.8 Å². The molecule has 1 heterocycles. The molecule has 76 heavy (non-hydrogen) atoms. The molecule has 6 N–H and O–H groups in total. The Morgan fingerprint density at radius 3 is 1.30 bits per heavy atom. The highest BCUT2D eigenvalue weighted by Gasteiger charge is 2.44. The molecular weight excluding hydrogens is 955 g/mol. The van der Waals surface area contributed by atoms with Gasteiger partial charge >= 0.3 is 5.97 Å². The molecule has 11 nitrogen and oxygen atoms in total. The third kappa shape index (κ3) is 43.7. The van der Waals surface area contributed by atoms with Gasteiger partial charge in [-0.3, -0.25) is 9.59 Å². The molecule has 11 heteroatoms. The molecule has 1 aliphatic heterocycles. The van der Waals surface area contributed by atoms with Gasteiger partial charge in [0.15, 0.2) is 6.29 Å². The Morgan fingerprint density at radius 2 is 0.855 bits per heavy atom. The quantitative estimate of drug-likeness (QED) is 0.0195. The van der Waals surface area contributed by atoms with Crippen LogP contribution in [-0.4, -0.2) is 100 Å². The molecule has 0 aliphatic carbocycles. The maximum absolute atomic E-state index is 13.0. The highest BCUT2D eigenvalue weighted by Crippen LogP contribution is 2.23. The molecule has 1 aliphatic rings. The van der Waals surface area contributed by atoms with E-state index in [2.05, 4.69) is 43.5 Å². The minimum atomic E-state index is -1.58. The first-order valence-corrected chi connectivity index (χ1v) is 32.3. The number of hydrogen-bond donors (Lipinski definition) is 6. The summed E-state index contributed by atoms with van der Waals surface area (Å²) in [6, 6.07) is -0.832. The lowest BCUT2D eigenvalue weighted by Gasteiger charge is -2.40. The van der Waals surface area contributed by atoms with Crippen molar-refractivity contribution >= 4 is 11.9 Å². The highest BCUT2D eigenvalue weighted by molar-refractivity contribution is 5.76. The summed E-state index contributed by atoms with van der Waals surface area (Å²) in [4.78, 5) is 25.1. The largest absolute Gasteiger partial charge is 0.466 e. The highest BCUT2D eigenvalue weighted by atomic mass is 16.7. The van der Waals surface area contributed by atoms with Gasteiger partial charge in [-0.2, -0.15) is 0 Å². The summed E-state index contributed by atoms with van der Waals surface area (Å²) in [6.07, 6.45) is 58.2. The number of allylic oxidation sites excluding steroid dienone is 5. The van der Waals surface area contributed by atoms with E-state index in [9.17, 15) is 35.1 Å². The monoisotopic (exact) mass is 1080 g/mol. The summed E-state index contributed by atoms with van der Waals surface area (Å²) >= 11 is 0. The molecule has 1 fully saturated rings. The van der Waals surface area contributed by atoms with Gasteiger partial charge in [0.25, 0.3) is 0 Å². The molecule has 446 valence electrons. The number of carbonyl (C=O) groups is 2. The fraction of sp³-hybridized carbons (Fsp3) is 0.877. The van der Waals surface area contributed by atoms with Gasteiger partial charge in [-0.25, -0.2) is 0 Å². The second-order valence-corrected chi connectivity index (χ2v) is 22.5. The van der Waals surface area contributed by atoms with E-state index < -0.39 is 49.5 Å². The van der Waals surface area contributed by atoms with Gasteiger partial charge in [0.05, 0.1) is 32.0 Å². The van der Waals surface area contributed by atoms with Gasteiger partial charge in [-0.05, 0) is 70.6 Å². The zero-order valence-corrected chi connectivity index (χ0v) is 49.2. The molecule has 1 rings (SSSR count). The number of nitrogens with one attached hydrogen (secondary N) is 1. The van der Waals surface area contributed by atoms with Crippen LogP contribution in [0.3, 0.4) is 0 Å². The first kappa shape index (κ1) is 71.9. The van der Waals surface area contributed by atoms with E-state index in [0.29, 0.717) is 19.4 Å². The van der Waals surface area contributed by atoms with Crippen molar-refractivity contribution in [3.63, 3.8) is 0 Å². The average molecular weight is 1080 g/mol. The summed E-state index contributed by atoms with van der Waals surface area (Å²) in [6.45, 7) is 4.33. The number of esters is 1. The fourth-order valence-corrected chi connectivity index (χ4v) is 10.1. The minimum absolute atomic E-state index is 0.000943. The van der Waals surface area contributed by atoms with E-state index in [-0.39, 0.29) is 18.5 Å². The predicted octanol–water partition coefficient (Wildman–Crippen LogP) is 15.5. The van der Waals surface area contributed by atoms with Crippen LogP contribution < -0.4 is 5.32 Å². The van der Waals surface area contributed by atoms with Crippen LogP contribution in [0.15, 0.2) is 36.5 Å². The molecule has 7 unspecified atom stereocenters. The Morgan fingerprint density at radius 1 is 0.474 bits per heavy atom. The molecule has 1 amide bonds. The summed E-state index contributed by atoms with van der Waals surface area (Å²) in [5.74, 6) is -0.198. The smallest absolute Gasteiger partial charge is 0.305 e. The number of amides is 1. The van der Waals surface area contributed by atoms with Gasteiger partial charge < -0.3 is 45.1 Å². The van der Waals surface area contributed by atoms with Gasteiger partial charge in [0.1, 0.15) is 24.4 Å². The van der Waals surface area contributed by atoms with E-state index in [1.807, 2.05) is 6.08 Å². The first-order chi connectivity index (χ1) is 37.2. The second kappa shape index (κ2) is 54.8. The second-order valence-electron chi connectivity index (χ2n) is 22.5. The summed E-state index contributed by atoms with van der Waals surface area (Å²) in [7, 11) is 0. The Bertz CT molecular complexity index is 1360. The molecule has 0 radical (unpaired) electrons. The first-order valence-electron chi connectivity index (χ1n) is 32.3. The van der Waals surface area contributed by atoms with Crippen LogP contribution in [0.4, 0.5) is 0 Å². The molecule has 0 bridgehead atoms. The molecule has 0 spiro atoms. The molecular formula is C65H121NO10. The molecule has 0 aromatic heterocycles. The molecule has 1 saturated heterocycles. The van der Waals surface area contributed by atoms with Crippen molar-refractivity contribution in [3.8, 4) is 0 Å². The third-order valence-electron chi connectivity index (χ3n) is 15.2. The van der Waals surface area contributed by atoms with Gasteiger partial charge in [-0.1, -0.05) is 256 Å². The number of rotatable bonds is 56. The van der Waals surface area contributed by atoms with Gasteiger partial charge in [0.2, 0.25) is 5.91 Å². The maximum Gasteiger partial charge on any atom is 0.305 e. The van der Waals surface area contributed by atoms with Crippen LogP contribution in [0.25, 0.3) is 0 Å². The number of hydrogen-bond acceptors (Lipinski definition) is 10. The lowest BCUT2D eigenvalue weighted by molar-refractivity contribution is -0.302. The number of unbranched alkanes of at least 4 members (excludes halogenated alkanes) is 38. The number of aliphatic hydroxyl groups is 5. The fourth-order valence-electron chi connectivity index (χ4n) is 10.1. The summed E-state index contributed by atoms with van der Waals surface area (Å²) in [5, 5.41) is 54.4. The normalized spacial score (nSPS) is 18.9. The van der Waals surface area contributed by atoms with Crippen LogP contribution in [0.5, 0.6) is 0 Å². The lowest BCUT2D eigenvalue weighted by atomic mass is 9.99. The topological polar surface area (TPSA) is 175 Å². The number of aliphatic hydroxyl groups excluding tert-OH is 5. The van der Waals surface area contributed by atoms with Crippen molar-refractivity contribution in [3.05, 3.63) is 36.5 Å². The third-order valence-corrected chi connectivity index (χ3v) is 15.2. The van der Waals surface area contributed by atoms with Crippen molar-refractivity contribution in [1.82, 2.24) is 5.32 Å². The van der Waals surface area contributed by atoms with E-state index in [1.165, 1.54) is 205 Å². The van der Waals surface area contributed by atoms with Gasteiger partial charge in [-0.15, -0.1) is 0 Å². The number of ether oxygens (including phenoxy) is 3. The Kier molecular flexibility index (Phi) is 51.9.